The lowest BCUT2D eigenvalue weighted by Gasteiger charge is -2.16. The van der Waals surface area contributed by atoms with Gasteiger partial charge in [0.05, 0.1) is 17.9 Å². The Kier molecular flexibility index (Phi) is 3.22. The highest BCUT2D eigenvalue weighted by molar-refractivity contribution is 5.27. The van der Waals surface area contributed by atoms with Crippen molar-refractivity contribution >= 4 is 0 Å². The van der Waals surface area contributed by atoms with Gasteiger partial charge in [0, 0.05) is 18.0 Å². The molecule has 1 aromatic heterocycles. The first-order chi connectivity index (χ1) is 7.83. The topological polar surface area (TPSA) is 37.8 Å². The molecular weight excluding hydrogens is 205 g/mol. The molecule has 16 heavy (non-hydrogen) atoms. The highest BCUT2D eigenvalue weighted by Crippen LogP contribution is 2.21. The third-order valence-electron chi connectivity index (χ3n) is 2.38. The van der Waals surface area contributed by atoms with Crippen LogP contribution in [0.4, 0.5) is 4.39 Å². The largest absolute Gasteiger partial charge is 0.308 e. The number of rotatable bonds is 3. The van der Waals surface area contributed by atoms with Gasteiger partial charge in [-0.15, -0.1) is 0 Å². The summed E-state index contributed by atoms with van der Waals surface area (Å²) in [5, 5.41) is 3.03. The maximum absolute atomic E-state index is 13.6. The van der Waals surface area contributed by atoms with Crippen LogP contribution in [0.25, 0.3) is 0 Å². The van der Waals surface area contributed by atoms with Crippen molar-refractivity contribution in [3.63, 3.8) is 0 Å². The summed E-state index contributed by atoms with van der Waals surface area (Å²) in [6.45, 7) is 0. The van der Waals surface area contributed by atoms with Gasteiger partial charge in [-0.25, -0.2) is 4.39 Å². The van der Waals surface area contributed by atoms with E-state index in [1.807, 2.05) is 0 Å². The zero-order valence-corrected chi connectivity index (χ0v) is 8.89. The zero-order valence-electron chi connectivity index (χ0n) is 8.89. The Morgan fingerprint density at radius 3 is 2.69 bits per heavy atom. The fourth-order valence-electron chi connectivity index (χ4n) is 1.63. The average Bonchev–Trinajstić information content (AvgIpc) is 2.34. The Hall–Kier alpha value is -1.81. The monoisotopic (exact) mass is 217 g/mol. The van der Waals surface area contributed by atoms with Crippen LogP contribution < -0.4 is 5.32 Å². The molecule has 1 atom stereocenters. The zero-order chi connectivity index (χ0) is 11.4. The fraction of sp³-hybridized carbons (Fsp3) is 0.167. The van der Waals surface area contributed by atoms with Crippen LogP contribution in [0.3, 0.4) is 0 Å². The van der Waals surface area contributed by atoms with Crippen molar-refractivity contribution in [1.29, 1.82) is 0 Å². The molecule has 0 bridgehead atoms. The third-order valence-corrected chi connectivity index (χ3v) is 2.38. The second-order valence-corrected chi connectivity index (χ2v) is 3.37. The summed E-state index contributed by atoms with van der Waals surface area (Å²) >= 11 is 0. The Bertz CT molecular complexity index is 459. The summed E-state index contributed by atoms with van der Waals surface area (Å²) in [7, 11) is 1.77. The van der Waals surface area contributed by atoms with Crippen LogP contribution in [0.1, 0.15) is 17.3 Å². The first-order valence-corrected chi connectivity index (χ1v) is 5.00. The van der Waals surface area contributed by atoms with E-state index >= 15 is 0 Å². The predicted octanol–water partition coefficient (Wildman–Crippen LogP) is 1.92. The van der Waals surface area contributed by atoms with E-state index in [4.69, 9.17) is 0 Å². The Labute approximate surface area is 93.4 Å². The maximum Gasteiger partial charge on any atom is 0.128 e. The lowest BCUT2D eigenvalue weighted by molar-refractivity contribution is 0.569. The van der Waals surface area contributed by atoms with E-state index in [-0.39, 0.29) is 11.9 Å². The summed E-state index contributed by atoms with van der Waals surface area (Å²) < 4.78 is 13.6. The van der Waals surface area contributed by atoms with Gasteiger partial charge in [0.1, 0.15) is 5.82 Å². The molecule has 2 rings (SSSR count). The molecule has 0 aliphatic heterocycles. The highest BCUT2D eigenvalue weighted by atomic mass is 19.1. The van der Waals surface area contributed by atoms with E-state index in [0.29, 0.717) is 11.3 Å². The lowest BCUT2D eigenvalue weighted by Crippen LogP contribution is -2.20. The minimum Gasteiger partial charge on any atom is -0.308 e. The molecule has 0 radical (unpaired) electrons. The molecule has 0 amide bonds. The first-order valence-electron chi connectivity index (χ1n) is 5.00. The van der Waals surface area contributed by atoms with E-state index in [9.17, 15) is 4.39 Å². The van der Waals surface area contributed by atoms with E-state index in [1.54, 1.807) is 43.8 Å². The van der Waals surface area contributed by atoms with Gasteiger partial charge in [0.2, 0.25) is 0 Å². The summed E-state index contributed by atoms with van der Waals surface area (Å²) in [5.41, 5.74) is 1.28. The van der Waals surface area contributed by atoms with Gasteiger partial charge in [-0.1, -0.05) is 18.2 Å². The summed E-state index contributed by atoms with van der Waals surface area (Å²) in [6, 6.07) is 6.39. The summed E-state index contributed by atoms with van der Waals surface area (Å²) in [4.78, 5) is 8.16. The van der Waals surface area contributed by atoms with Gasteiger partial charge < -0.3 is 5.32 Å². The minimum atomic E-state index is -0.269. The van der Waals surface area contributed by atoms with Crippen LogP contribution in [0.15, 0.2) is 42.9 Å². The molecule has 82 valence electrons. The molecule has 0 fully saturated rings. The van der Waals surface area contributed by atoms with Crippen LogP contribution in [0.2, 0.25) is 0 Å². The van der Waals surface area contributed by atoms with Crippen molar-refractivity contribution in [2.75, 3.05) is 7.05 Å². The molecule has 1 N–H and O–H groups in total. The van der Waals surface area contributed by atoms with Crippen LogP contribution >= 0.6 is 0 Å². The molecule has 4 heteroatoms. The first kappa shape index (κ1) is 10.7. The van der Waals surface area contributed by atoms with Crippen molar-refractivity contribution in [3.8, 4) is 0 Å². The van der Waals surface area contributed by atoms with Gasteiger partial charge in [-0.2, -0.15) is 0 Å². The van der Waals surface area contributed by atoms with Crippen molar-refractivity contribution in [3.05, 3.63) is 59.9 Å². The molecule has 2 aromatic rings. The molecule has 3 nitrogen and oxygen atoms in total. The predicted molar refractivity (Wildman–Crippen MR) is 59.3 cm³/mol. The lowest BCUT2D eigenvalue weighted by atomic mass is 10.0. The van der Waals surface area contributed by atoms with E-state index in [0.717, 1.165) is 0 Å². The highest BCUT2D eigenvalue weighted by Gasteiger charge is 2.16. The van der Waals surface area contributed by atoms with Crippen molar-refractivity contribution in [2.45, 2.75) is 6.04 Å². The molecule has 0 saturated heterocycles. The normalized spacial score (nSPS) is 12.4. The SMILES string of the molecule is CNC(c1cnccn1)c1ccccc1F. The molecule has 0 saturated carbocycles. The van der Waals surface area contributed by atoms with Crippen molar-refractivity contribution < 1.29 is 4.39 Å². The average molecular weight is 217 g/mol. The number of hydrogen-bond acceptors (Lipinski definition) is 3. The number of halogens is 1. The Morgan fingerprint density at radius 1 is 1.25 bits per heavy atom. The number of hydrogen-bond donors (Lipinski definition) is 1. The third kappa shape index (κ3) is 2.06. The van der Waals surface area contributed by atoms with Gasteiger partial charge >= 0.3 is 0 Å². The quantitative estimate of drug-likeness (QED) is 0.853. The molecular formula is C12H12FN3. The van der Waals surface area contributed by atoms with E-state index in [2.05, 4.69) is 15.3 Å². The molecule has 1 heterocycles. The van der Waals surface area contributed by atoms with Crippen LogP contribution in [0, 0.1) is 5.82 Å². The molecule has 1 aromatic carbocycles. The maximum atomic E-state index is 13.6. The second kappa shape index (κ2) is 4.81. The molecule has 0 aliphatic carbocycles. The number of benzene rings is 1. The van der Waals surface area contributed by atoms with Gasteiger partial charge in [-0.3, -0.25) is 9.97 Å². The summed E-state index contributed by atoms with van der Waals surface area (Å²) in [5.74, 6) is -0.243. The minimum absolute atomic E-state index is 0.243. The van der Waals surface area contributed by atoms with Crippen molar-refractivity contribution in [1.82, 2.24) is 15.3 Å². The van der Waals surface area contributed by atoms with Gasteiger partial charge in [0.15, 0.2) is 0 Å². The second-order valence-electron chi connectivity index (χ2n) is 3.37. The number of aromatic nitrogens is 2. The standard InChI is InChI=1S/C12H12FN3/c1-14-12(11-8-15-6-7-16-11)9-4-2-3-5-10(9)13/h2-8,12,14H,1H3. The van der Waals surface area contributed by atoms with Crippen LogP contribution in [0.5, 0.6) is 0 Å². The molecule has 0 aliphatic rings. The molecule has 0 spiro atoms. The van der Waals surface area contributed by atoms with Crippen molar-refractivity contribution in [2.24, 2.45) is 0 Å². The van der Waals surface area contributed by atoms with E-state index < -0.39 is 0 Å². The Balaban J connectivity index is 2.41. The fourth-order valence-corrected chi connectivity index (χ4v) is 1.63. The number of nitrogens with one attached hydrogen (secondary N) is 1. The Morgan fingerprint density at radius 2 is 2.06 bits per heavy atom. The number of nitrogens with zero attached hydrogens (tertiary/aromatic N) is 2. The summed E-state index contributed by atoms with van der Waals surface area (Å²) in [6.07, 6.45) is 4.83. The molecule has 1 unspecified atom stereocenters. The van der Waals surface area contributed by atoms with Crippen LogP contribution in [-0.2, 0) is 0 Å². The smallest absolute Gasteiger partial charge is 0.128 e. The van der Waals surface area contributed by atoms with Crippen LogP contribution in [-0.4, -0.2) is 17.0 Å². The van der Waals surface area contributed by atoms with E-state index in [1.165, 1.54) is 6.07 Å². The van der Waals surface area contributed by atoms with Gasteiger partial charge in [-0.05, 0) is 13.1 Å². The van der Waals surface area contributed by atoms with Gasteiger partial charge in [0.25, 0.3) is 0 Å².